The zero-order chi connectivity index (χ0) is 17.2. The molecule has 1 amide bonds. The molecule has 0 spiro atoms. The average molecular weight is 336 g/mol. The first kappa shape index (κ1) is 15.6. The van der Waals surface area contributed by atoms with Crippen molar-refractivity contribution in [2.24, 2.45) is 0 Å². The van der Waals surface area contributed by atoms with Crippen LogP contribution in [-0.4, -0.2) is 27.1 Å². The number of nitrogens with one attached hydrogen (secondary N) is 1. The first-order valence-electron chi connectivity index (χ1n) is 8.64. The van der Waals surface area contributed by atoms with Gasteiger partial charge in [0.1, 0.15) is 11.6 Å². The molecular weight excluding hydrogens is 316 g/mol. The molecule has 0 atom stereocenters. The van der Waals surface area contributed by atoms with Crippen molar-refractivity contribution >= 4 is 17.2 Å². The van der Waals surface area contributed by atoms with Crippen molar-refractivity contribution in [3.05, 3.63) is 54.0 Å². The van der Waals surface area contributed by atoms with Gasteiger partial charge in [-0.15, -0.1) is 10.2 Å². The summed E-state index contributed by atoms with van der Waals surface area (Å²) < 4.78 is 7.53. The van der Waals surface area contributed by atoms with Crippen molar-refractivity contribution in [1.82, 2.24) is 14.6 Å². The summed E-state index contributed by atoms with van der Waals surface area (Å²) >= 11 is 0. The molecule has 0 bridgehead atoms. The van der Waals surface area contributed by atoms with Crippen molar-refractivity contribution in [2.45, 2.75) is 32.1 Å². The number of pyridine rings is 1. The molecule has 6 heteroatoms. The van der Waals surface area contributed by atoms with Gasteiger partial charge in [0.25, 0.3) is 5.91 Å². The van der Waals surface area contributed by atoms with Gasteiger partial charge in [0.2, 0.25) is 0 Å². The van der Waals surface area contributed by atoms with Crippen LogP contribution in [0.2, 0.25) is 0 Å². The fraction of sp³-hybridized carbons (Fsp3) is 0.316. The molecule has 1 saturated carbocycles. The zero-order valence-corrected chi connectivity index (χ0v) is 14.1. The quantitative estimate of drug-likeness (QED) is 0.772. The minimum absolute atomic E-state index is 0.217. The highest BCUT2D eigenvalue weighted by Gasteiger charge is 2.25. The van der Waals surface area contributed by atoms with Crippen molar-refractivity contribution in [1.29, 1.82) is 0 Å². The first-order chi connectivity index (χ1) is 12.3. The van der Waals surface area contributed by atoms with Crippen LogP contribution in [0.1, 0.15) is 48.3 Å². The van der Waals surface area contributed by atoms with Gasteiger partial charge >= 0.3 is 0 Å². The van der Waals surface area contributed by atoms with Crippen molar-refractivity contribution in [3.8, 4) is 5.75 Å². The predicted octanol–water partition coefficient (Wildman–Crippen LogP) is 3.65. The zero-order valence-electron chi connectivity index (χ0n) is 14.1. The van der Waals surface area contributed by atoms with E-state index in [0.29, 0.717) is 35.2 Å². The number of hydrogen-bond acceptors (Lipinski definition) is 4. The van der Waals surface area contributed by atoms with Gasteiger partial charge in [-0.25, -0.2) is 0 Å². The molecule has 4 rings (SSSR count). The molecule has 6 nitrogen and oxygen atoms in total. The minimum atomic E-state index is -0.217. The van der Waals surface area contributed by atoms with Crippen LogP contribution in [0.15, 0.2) is 42.6 Å². The lowest BCUT2D eigenvalue weighted by Gasteiger charge is -2.23. The third kappa shape index (κ3) is 2.84. The monoisotopic (exact) mass is 336 g/mol. The largest absolute Gasteiger partial charge is 0.493 e. The van der Waals surface area contributed by atoms with E-state index >= 15 is 0 Å². The van der Waals surface area contributed by atoms with E-state index in [2.05, 4.69) is 15.5 Å². The molecule has 1 aliphatic rings. The molecule has 1 aliphatic carbocycles. The number of fused-ring (bicyclic) bond motifs is 1. The minimum Gasteiger partial charge on any atom is -0.493 e. The number of amides is 1. The highest BCUT2D eigenvalue weighted by atomic mass is 16.5. The molecule has 1 fully saturated rings. The van der Waals surface area contributed by atoms with Gasteiger partial charge < -0.3 is 10.1 Å². The Hall–Kier alpha value is -2.89. The number of carbonyl (C=O) groups excluding carboxylic acids is 1. The Labute approximate surface area is 145 Å². The van der Waals surface area contributed by atoms with Gasteiger partial charge in [-0.05, 0) is 44.0 Å². The summed E-state index contributed by atoms with van der Waals surface area (Å²) in [7, 11) is 0. The first-order valence-corrected chi connectivity index (χ1v) is 8.64. The van der Waals surface area contributed by atoms with Crippen LogP contribution < -0.4 is 10.1 Å². The Morgan fingerprint density at radius 1 is 1.24 bits per heavy atom. The lowest BCUT2D eigenvalue weighted by Crippen LogP contribution is -2.15. The fourth-order valence-electron chi connectivity index (χ4n) is 3.10. The number of hydrogen-bond donors (Lipinski definition) is 1. The van der Waals surface area contributed by atoms with Crippen molar-refractivity contribution < 1.29 is 9.53 Å². The molecule has 0 unspecified atom stereocenters. The second kappa shape index (κ2) is 6.55. The molecular formula is C19H20N4O2. The summed E-state index contributed by atoms with van der Waals surface area (Å²) in [6.45, 7) is 2.41. The fourth-order valence-corrected chi connectivity index (χ4v) is 3.10. The summed E-state index contributed by atoms with van der Waals surface area (Å²) in [5.74, 6) is 1.81. The highest BCUT2D eigenvalue weighted by molar-refractivity contribution is 6.07. The second-order valence-corrected chi connectivity index (χ2v) is 6.18. The summed E-state index contributed by atoms with van der Waals surface area (Å²) in [5.41, 5.74) is 1.83. The van der Waals surface area contributed by atoms with Crippen molar-refractivity contribution in [3.63, 3.8) is 0 Å². The third-order valence-corrected chi connectivity index (χ3v) is 4.61. The van der Waals surface area contributed by atoms with E-state index in [1.54, 1.807) is 12.1 Å². The van der Waals surface area contributed by atoms with Gasteiger partial charge in [0, 0.05) is 12.1 Å². The van der Waals surface area contributed by atoms with Crippen LogP contribution in [-0.2, 0) is 0 Å². The number of aromatic nitrogens is 3. The number of carbonyl (C=O) groups is 1. The van der Waals surface area contributed by atoms with E-state index in [1.165, 1.54) is 6.42 Å². The number of para-hydroxylation sites is 1. The molecule has 0 aliphatic heterocycles. The molecule has 1 aromatic carbocycles. The lowest BCUT2D eigenvalue weighted by atomic mass is 9.85. The molecule has 25 heavy (non-hydrogen) atoms. The van der Waals surface area contributed by atoms with E-state index in [0.717, 1.165) is 18.7 Å². The van der Waals surface area contributed by atoms with Gasteiger partial charge in [-0.2, -0.15) is 0 Å². The van der Waals surface area contributed by atoms with Crippen LogP contribution in [0.5, 0.6) is 5.75 Å². The molecule has 128 valence electrons. The summed E-state index contributed by atoms with van der Waals surface area (Å²) in [5, 5.41) is 11.6. The highest BCUT2D eigenvalue weighted by Crippen LogP contribution is 2.36. The van der Waals surface area contributed by atoms with Gasteiger partial charge in [0.05, 0.1) is 17.9 Å². The number of ether oxygens (including phenoxy) is 1. The number of nitrogens with zero attached hydrogens (tertiary/aromatic N) is 3. The molecule has 0 saturated heterocycles. The summed E-state index contributed by atoms with van der Waals surface area (Å²) in [4.78, 5) is 12.7. The molecule has 3 aromatic rings. The molecule has 0 radical (unpaired) electrons. The Balaban J connectivity index is 1.65. The number of anilines is 1. The van der Waals surface area contributed by atoms with Crippen LogP contribution >= 0.6 is 0 Å². The predicted molar refractivity (Wildman–Crippen MR) is 95.1 cm³/mol. The normalized spacial score (nSPS) is 14.3. The number of rotatable bonds is 5. The smallest absolute Gasteiger partial charge is 0.259 e. The lowest BCUT2D eigenvalue weighted by molar-refractivity contribution is 0.102. The van der Waals surface area contributed by atoms with E-state index in [1.807, 2.05) is 41.8 Å². The summed E-state index contributed by atoms with van der Waals surface area (Å²) in [6, 6.07) is 11.0. The van der Waals surface area contributed by atoms with Gasteiger partial charge in [0.15, 0.2) is 5.65 Å². The number of benzene rings is 1. The van der Waals surface area contributed by atoms with Crippen LogP contribution in [0.3, 0.4) is 0 Å². The maximum Gasteiger partial charge on any atom is 0.259 e. The average Bonchev–Trinajstić information content (AvgIpc) is 2.99. The van der Waals surface area contributed by atoms with Crippen LogP contribution in [0.4, 0.5) is 5.69 Å². The molecule has 1 N–H and O–H groups in total. The second-order valence-electron chi connectivity index (χ2n) is 6.18. The van der Waals surface area contributed by atoms with Crippen LogP contribution in [0, 0.1) is 0 Å². The van der Waals surface area contributed by atoms with E-state index in [-0.39, 0.29) is 5.91 Å². The maximum absolute atomic E-state index is 12.7. The summed E-state index contributed by atoms with van der Waals surface area (Å²) in [6.07, 6.45) is 5.50. The van der Waals surface area contributed by atoms with E-state index in [4.69, 9.17) is 4.74 Å². The Morgan fingerprint density at radius 2 is 2.08 bits per heavy atom. The molecule has 2 heterocycles. The van der Waals surface area contributed by atoms with Gasteiger partial charge in [-0.1, -0.05) is 18.6 Å². The maximum atomic E-state index is 12.7. The SMILES string of the molecule is CCOc1ccccc1C(=O)Nc1cccn2c(C3CCC3)nnc12. The van der Waals surface area contributed by atoms with E-state index < -0.39 is 0 Å². The van der Waals surface area contributed by atoms with Crippen LogP contribution in [0.25, 0.3) is 5.65 Å². The Kier molecular flexibility index (Phi) is 4.09. The Morgan fingerprint density at radius 3 is 2.84 bits per heavy atom. The molecule has 2 aromatic heterocycles. The topological polar surface area (TPSA) is 68.5 Å². The third-order valence-electron chi connectivity index (χ3n) is 4.61. The van der Waals surface area contributed by atoms with Gasteiger partial charge in [-0.3, -0.25) is 9.20 Å². The standard InChI is InChI=1S/C19H20N4O2/c1-2-25-16-11-4-3-9-14(16)19(24)20-15-10-6-12-23-17(13-7-5-8-13)21-22-18(15)23/h3-4,6,9-13H,2,5,7-8H2,1H3,(H,20,24). The Bertz CT molecular complexity index is 915. The van der Waals surface area contributed by atoms with E-state index in [9.17, 15) is 4.79 Å². The van der Waals surface area contributed by atoms with Crippen molar-refractivity contribution in [2.75, 3.05) is 11.9 Å².